The Morgan fingerprint density at radius 2 is 1.90 bits per heavy atom. The molecule has 5 heteroatoms. The number of benzene rings is 2. The van der Waals surface area contributed by atoms with E-state index in [0.717, 1.165) is 20.6 Å². The Kier molecular flexibility index (Phi) is 5.42. The molecule has 1 amide bonds. The maximum absolute atomic E-state index is 12.9. The van der Waals surface area contributed by atoms with Crippen LogP contribution in [0.2, 0.25) is 0 Å². The Morgan fingerprint density at radius 3 is 2.52 bits per heavy atom. The van der Waals surface area contributed by atoms with Gasteiger partial charge in [0.15, 0.2) is 0 Å². The van der Waals surface area contributed by atoms with E-state index in [1.807, 2.05) is 32.0 Å². The largest absolute Gasteiger partial charge is 0.324 e. The summed E-state index contributed by atoms with van der Waals surface area (Å²) < 4.78 is 13.7. The van der Waals surface area contributed by atoms with Crippen LogP contribution in [-0.2, 0) is 4.79 Å². The molecule has 1 N–H and O–H groups in total. The van der Waals surface area contributed by atoms with Crippen molar-refractivity contribution in [2.24, 2.45) is 0 Å². The normalized spacial score (nSPS) is 12.0. The van der Waals surface area contributed by atoms with E-state index in [9.17, 15) is 9.18 Å². The molecule has 0 bridgehead atoms. The summed E-state index contributed by atoms with van der Waals surface area (Å²) in [5.74, 6) is -0.367. The van der Waals surface area contributed by atoms with Crippen LogP contribution in [0.5, 0.6) is 0 Å². The van der Waals surface area contributed by atoms with Crippen LogP contribution in [0.4, 0.5) is 10.1 Å². The minimum atomic E-state index is -0.278. The Morgan fingerprint density at radius 1 is 1.24 bits per heavy atom. The highest BCUT2D eigenvalue weighted by atomic mass is 79.9. The molecule has 0 saturated heterocycles. The van der Waals surface area contributed by atoms with Gasteiger partial charge in [-0.05, 0) is 71.7 Å². The van der Waals surface area contributed by atoms with Gasteiger partial charge in [-0.2, -0.15) is 0 Å². The minimum absolute atomic E-state index is 0.0890. The number of hydrogen-bond acceptors (Lipinski definition) is 2. The van der Waals surface area contributed by atoms with Crippen LogP contribution in [-0.4, -0.2) is 11.2 Å². The van der Waals surface area contributed by atoms with E-state index in [1.54, 1.807) is 12.1 Å². The van der Waals surface area contributed by atoms with E-state index < -0.39 is 0 Å². The quantitative estimate of drug-likeness (QED) is 0.769. The lowest BCUT2D eigenvalue weighted by Crippen LogP contribution is -2.22. The zero-order chi connectivity index (χ0) is 15.4. The third-order valence-electron chi connectivity index (χ3n) is 2.88. The van der Waals surface area contributed by atoms with Crippen LogP contribution in [0.3, 0.4) is 0 Å². The van der Waals surface area contributed by atoms with Gasteiger partial charge in [0.2, 0.25) is 5.91 Å². The smallest absolute Gasteiger partial charge is 0.237 e. The SMILES string of the molecule is Cc1ccc(NC(=O)[C@@H](C)Sc2ccc(F)cc2)c(Br)c1. The summed E-state index contributed by atoms with van der Waals surface area (Å²) in [4.78, 5) is 13.1. The predicted octanol–water partition coefficient (Wildman–Crippen LogP) is 5.02. The van der Waals surface area contributed by atoms with Gasteiger partial charge in [0.05, 0.1) is 10.9 Å². The van der Waals surface area contributed by atoms with E-state index in [-0.39, 0.29) is 17.0 Å². The molecule has 2 aromatic carbocycles. The molecule has 0 aliphatic carbocycles. The molecule has 0 saturated carbocycles. The monoisotopic (exact) mass is 367 g/mol. The average molecular weight is 368 g/mol. The molecule has 2 nitrogen and oxygen atoms in total. The first kappa shape index (κ1) is 16.0. The molecule has 1 atom stereocenters. The first-order valence-electron chi connectivity index (χ1n) is 6.45. The average Bonchev–Trinajstić information content (AvgIpc) is 2.44. The number of thioether (sulfide) groups is 1. The molecule has 0 aromatic heterocycles. The first-order chi connectivity index (χ1) is 9.95. The maximum Gasteiger partial charge on any atom is 0.237 e. The van der Waals surface area contributed by atoms with Crippen molar-refractivity contribution in [2.45, 2.75) is 24.0 Å². The third-order valence-corrected chi connectivity index (χ3v) is 4.65. The van der Waals surface area contributed by atoms with Crippen molar-refractivity contribution in [2.75, 3.05) is 5.32 Å². The van der Waals surface area contributed by atoms with E-state index in [2.05, 4.69) is 21.2 Å². The first-order valence-corrected chi connectivity index (χ1v) is 8.12. The number of carbonyl (C=O) groups excluding carboxylic acids is 1. The lowest BCUT2D eigenvalue weighted by molar-refractivity contribution is -0.115. The van der Waals surface area contributed by atoms with Crippen molar-refractivity contribution in [1.82, 2.24) is 0 Å². The van der Waals surface area contributed by atoms with Crippen molar-refractivity contribution < 1.29 is 9.18 Å². The van der Waals surface area contributed by atoms with E-state index >= 15 is 0 Å². The number of rotatable bonds is 4. The van der Waals surface area contributed by atoms with Crippen LogP contribution in [0.25, 0.3) is 0 Å². The van der Waals surface area contributed by atoms with Crippen molar-refractivity contribution in [3.8, 4) is 0 Å². The van der Waals surface area contributed by atoms with E-state index in [0.29, 0.717) is 0 Å². The lowest BCUT2D eigenvalue weighted by Gasteiger charge is -2.13. The molecule has 2 rings (SSSR count). The van der Waals surface area contributed by atoms with Crippen LogP contribution >= 0.6 is 27.7 Å². The number of aryl methyl sites for hydroxylation is 1. The molecule has 0 aliphatic heterocycles. The zero-order valence-corrected chi connectivity index (χ0v) is 14.1. The number of anilines is 1. The molecular weight excluding hydrogens is 353 g/mol. The summed E-state index contributed by atoms with van der Waals surface area (Å²) in [6.07, 6.45) is 0. The van der Waals surface area contributed by atoms with Crippen LogP contribution in [0.15, 0.2) is 51.8 Å². The molecule has 21 heavy (non-hydrogen) atoms. The Labute approximate surface area is 136 Å². The van der Waals surface area contributed by atoms with E-state index in [1.165, 1.54) is 23.9 Å². The Hall–Kier alpha value is -1.33. The van der Waals surface area contributed by atoms with Crippen LogP contribution in [0.1, 0.15) is 12.5 Å². The minimum Gasteiger partial charge on any atom is -0.324 e. The maximum atomic E-state index is 12.9. The van der Waals surface area contributed by atoms with Gasteiger partial charge in [-0.1, -0.05) is 6.07 Å². The molecule has 2 aromatic rings. The van der Waals surface area contributed by atoms with Crippen molar-refractivity contribution in [1.29, 1.82) is 0 Å². The van der Waals surface area contributed by atoms with Gasteiger partial charge < -0.3 is 5.32 Å². The highest BCUT2D eigenvalue weighted by molar-refractivity contribution is 9.10. The predicted molar refractivity (Wildman–Crippen MR) is 89.2 cm³/mol. The zero-order valence-electron chi connectivity index (χ0n) is 11.7. The van der Waals surface area contributed by atoms with Gasteiger partial charge >= 0.3 is 0 Å². The summed E-state index contributed by atoms with van der Waals surface area (Å²) >= 11 is 4.83. The second-order valence-electron chi connectivity index (χ2n) is 4.69. The highest BCUT2D eigenvalue weighted by Crippen LogP contribution is 2.27. The summed E-state index contributed by atoms with van der Waals surface area (Å²) in [6.45, 7) is 3.81. The fourth-order valence-corrected chi connectivity index (χ4v) is 3.19. The standard InChI is InChI=1S/C16H15BrFNOS/c1-10-3-8-15(14(17)9-10)19-16(20)11(2)21-13-6-4-12(18)5-7-13/h3-9,11H,1-2H3,(H,19,20)/t11-/m1/s1. The molecule has 0 unspecified atom stereocenters. The Bertz CT molecular complexity index is 645. The number of nitrogens with one attached hydrogen (secondary N) is 1. The van der Waals surface area contributed by atoms with Crippen molar-refractivity contribution in [3.05, 3.63) is 58.3 Å². The molecular formula is C16H15BrFNOS. The number of carbonyl (C=O) groups is 1. The van der Waals surface area contributed by atoms with Crippen LogP contribution in [0, 0.1) is 12.7 Å². The second-order valence-corrected chi connectivity index (χ2v) is 6.96. The summed E-state index contributed by atoms with van der Waals surface area (Å²) in [7, 11) is 0. The van der Waals surface area contributed by atoms with Gasteiger partial charge in [0.25, 0.3) is 0 Å². The van der Waals surface area contributed by atoms with Gasteiger partial charge in [0.1, 0.15) is 5.82 Å². The van der Waals surface area contributed by atoms with Gasteiger partial charge in [-0.15, -0.1) is 11.8 Å². The Balaban J connectivity index is 2.00. The number of hydrogen-bond donors (Lipinski definition) is 1. The molecule has 0 heterocycles. The van der Waals surface area contributed by atoms with Crippen LogP contribution < -0.4 is 5.32 Å². The molecule has 0 radical (unpaired) electrons. The van der Waals surface area contributed by atoms with Crippen molar-refractivity contribution >= 4 is 39.3 Å². The number of amides is 1. The summed E-state index contributed by atoms with van der Waals surface area (Å²) in [6, 6.07) is 11.9. The summed E-state index contributed by atoms with van der Waals surface area (Å²) in [5, 5.41) is 2.61. The van der Waals surface area contributed by atoms with Gasteiger partial charge in [-0.25, -0.2) is 4.39 Å². The third kappa shape index (κ3) is 4.58. The highest BCUT2D eigenvalue weighted by Gasteiger charge is 2.15. The van der Waals surface area contributed by atoms with Crippen molar-refractivity contribution in [3.63, 3.8) is 0 Å². The van der Waals surface area contributed by atoms with Gasteiger partial charge in [-0.3, -0.25) is 4.79 Å². The summed E-state index contributed by atoms with van der Waals surface area (Å²) in [5.41, 5.74) is 1.87. The molecule has 0 fully saturated rings. The second kappa shape index (κ2) is 7.09. The lowest BCUT2D eigenvalue weighted by atomic mass is 10.2. The molecule has 0 aliphatic rings. The van der Waals surface area contributed by atoms with E-state index in [4.69, 9.17) is 0 Å². The number of halogens is 2. The fourth-order valence-electron chi connectivity index (χ4n) is 1.73. The molecule has 110 valence electrons. The topological polar surface area (TPSA) is 29.1 Å². The van der Waals surface area contributed by atoms with Gasteiger partial charge in [0, 0.05) is 9.37 Å². The fraction of sp³-hybridized carbons (Fsp3) is 0.188. The molecule has 0 spiro atoms.